The van der Waals surface area contributed by atoms with Gasteiger partial charge in [-0.3, -0.25) is 4.79 Å². The van der Waals surface area contributed by atoms with Crippen LogP contribution in [0.25, 0.3) is 0 Å². The number of halogens is 1. The van der Waals surface area contributed by atoms with Crippen LogP contribution in [0, 0.1) is 0 Å². The first-order valence-electron chi connectivity index (χ1n) is 5.38. The van der Waals surface area contributed by atoms with Gasteiger partial charge in [-0.25, -0.2) is 4.79 Å². The Hall–Kier alpha value is -1.03. The summed E-state index contributed by atoms with van der Waals surface area (Å²) < 4.78 is 5.17. The number of ketones is 1. The van der Waals surface area contributed by atoms with Crippen LogP contribution < -0.4 is 0 Å². The molecule has 4 nitrogen and oxygen atoms in total. The summed E-state index contributed by atoms with van der Waals surface area (Å²) in [5, 5.41) is 0. The van der Waals surface area contributed by atoms with E-state index in [0.717, 1.165) is 0 Å². The molecule has 0 aliphatic rings. The summed E-state index contributed by atoms with van der Waals surface area (Å²) in [7, 11) is 3.47. The Kier molecular flexibility index (Phi) is 6.24. The second-order valence-electron chi connectivity index (χ2n) is 4.87. The lowest BCUT2D eigenvalue weighted by Gasteiger charge is -2.20. The SMILES string of the molecule is CN(C)/C=C(/C(=O)CCCl)C(=O)OC(C)(C)C. The van der Waals surface area contributed by atoms with Crippen molar-refractivity contribution in [3.05, 3.63) is 11.8 Å². The van der Waals surface area contributed by atoms with Gasteiger partial charge in [0.15, 0.2) is 5.78 Å². The summed E-state index contributed by atoms with van der Waals surface area (Å²) in [6.45, 7) is 5.26. The van der Waals surface area contributed by atoms with E-state index in [1.807, 2.05) is 0 Å². The molecule has 0 aromatic rings. The zero-order chi connectivity index (χ0) is 13.6. The summed E-state index contributed by atoms with van der Waals surface area (Å²) in [6, 6.07) is 0. The Bertz CT molecular complexity index is 316. The summed E-state index contributed by atoms with van der Waals surface area (Å²) in [5.74, 6) is -0.726. The number of esters is 1. The number of rotatable bonds is 5. The van der Waals surface area contributed by atoms with Gasteiger partial charge in [0, 0.05) is 32.6 Å². The number of carbonyl (C=O) groups is 2. The van der Waals surface area contributed by atoms with Gasteiger partial charge < -0.3 is 9.64 Å². The molecule has 0 N–H and O–H groups in total. The molecule has 0 bridgehead atoms. The van der Waals surface area contributed by atoms with Crippen LogP contribution in [-0.4, -0.2) is 42.2 Å². The molecule has 0 fully saturated rings. The first-order chi connectivity index (χ1) is 7.67. The molecule has 0 saturated heterocycles. The van der Waals surface area contributed by atoms with Crippen LogP contribution in [-0.2, 0) is 14.3 Å². The first kappa shape index (κ1) is 16.0. The van der Waals surface area contributed by atoms with Crippen molar-refractivity contribution in [1.82, 2.24) is 4.90 Å². The Morgan fingerprint density at radius 2 is 1.82 bits per heavy atom. The van der Waals surface area contributed by atoms with Gasteiger partial charge in [-0.05, 0) is 20.8 Å². The van der Waals surface area contributed by atoms with Gasteiger partial charge in [-0.1, -0.05) is 0 Å². The van der Waals surface area contributed by atoms with Crippen LogP contribution in [0.15, 0.2) is 11.8 Å². The van der Waals surface area contributed by atoms with Gasteiger partial charge in [0.25, 0.3) is 0 Å². The van der Waals surface area contributed by atoms with Gasteiger partial charge in [0.1, 0.15) is 11.2 Å². The molecular weight excluding hydrogens is 242 g/mol. The van der Waals surface area contributed by atoms with Crippen molar-refractivity contribution in [1.29, 1.82) is 0 Å². The Morgan fingerprint density at radius 1 is 1.29 bits per heavy atom. The Balaban J connectivity index is 4.94. The predicted molar refractivity (Wildman–Crippen MR) is 68.0 cm³/mol. The fourth-order valence-electron chi connectivity index (χ4n) is 1.05. The summed E-state index contributed by atoms with van der Waals surface area (Å²) in [4.78, 5) is 25.2. The minimum atomic E-state index is -0.621. The Morgan fingerprint density at radius 3 is 2.18 bits per heavy atom. The monoisotopic (exact) mass is 261 g/mol. The van der Waals surface area contributed by atoms with Gasteiger partial charge in [-0.2, -0.15) is 0 Å². The molecule has 0 aromatic heterocycles. The van der Waals surface area contributed by atoms with Crippen molar-refractivity contribution in [3.8, 4) is 0 Å². The fraction of sp³-hybridized carbons (Fsp3) is 0.667. The predicted octanol–water partition coefficient (Wildman–Crippen LogP) is 1.97. The van der Waals surface area contributed by atoms with Crippen molar-refractivity contribution >= 4 is 23.4 Å². The van der Waals surface area contributed by atoms with E-state index in [4.69, 9.17) is 16.3 Å². The smallest absolute Gasteiger partial charge is 0.343 e. The third kappa shape index (κ3) is 7.00. The van der Waals surface area contributed by atoms with Crippen LogP contribution in [0.4, 0.5) is 0 Å². The average molecular weight is 262 g/mol. The average Bonchev–Trinajstić information content (AvgIpc) is 2.11. The highest BCUT2D eigenvalue weighted by molar-refractivity contribution is 6.22. The third-order valence-corrected chi connectivity index (χ3v) is 1.82. The molecular formula is C12H20ClNO3. The maximum absolute atomic E-state index is 11.8. The van der Waals surface area contributed by atoms with Crippen molar-refractivity contribution in [2.75, 3.05) is 20.0 Å². The van der Waals surface area contributed by atoms with Crippen molar-refractivity contribution in [2.24, 2.45) is 0 Å². The highest BCUT2D eigenvalue weighted by atomic mass is 35.5. The number of Topliss-reactive ketones (excluding diaryl/α,β-unsaturated/α-hetero) is 1. The van der Waals surface area contributed by atoms with Crippen molar-refractivity contribution < 1.29 is 14.3 Å². The molecule has 0 rings (SSSR count). The lowest BCUT2D eigenvalue weighted by atomic mass is 10.1. The van der Waals surface area contributed by atoms with Crippen LogP contribution in [0.2, 0.25) is 0 Å². The topological polar surface area (TPSA) is 46.6 Å². The molecule has 0 aromatic carbocycles. The van der Waals surface area contributed by atoms with Crippen LogP contribution in [0.3, 0.4) is 0 Å². The number of alkyl halides is 1. The summed E-state index contributed by atoms with van der Waals surface area (Å²) in [5.41, 5.74) is -0.588. The quantitative estimate of drug-likeness (QED) is 0.250. The molecule has 98 valence electrons. The number of carbonyl (C=O) groups excluding carboxylic acids is 2. The van der Waals surface area contributed by atoms with E-state index < -0.39 is 11.6 Å². The van der Waals surface area contributed by atoms with Gasteiger partial charge in [0.05, 0.1) is 0 Å². The lowest BCUT2D eigenvalue weighted by Crippen LogP contribution is -2.28. The van der Waals surface area contributed by atoms with E-state index in [1.54, 1.807) is 39.8 Å². The van der Waals surface area contributed by atoms with Crippen LogP contribution in [0.1, 0.15) is 27.2 Å². The molecule has 0 spiro atoms. The second kappa shape index (κ2) is 6.64. The number of hydrogen-bond acceptors (Lipinski definition) is 4. The summed E-state index contributed by atoms with van der Waals surface area (Å²) >= 11 is 5.50. The summed E-state index contributed by atoms with van der Waals surface area (Å²) in [6.07, 6.45) is 1.59. The molecule has 0 aliphatic carbocycles. The minimum absolute atomic E-state index is 0.0329. The van der Waals surface area contributed by atoms with Crippen molar-refractivity contribution in [2.45, 2.75) is 32.8 Å². The molecule has 5 heteroatoms. The molecule has 0 atom stereocenters. The molecule has 0 amide bonds. The van der Waals surface area contributed by atoms with Gasteiger partial charge >= 0.3 is 5.97 Å². The van der Waals surface area contributed by atoms with E-state index in [1.165, 1.54) is 6.20 Å². The first-order valence-corrected chi connectivity index (χ1v) is 5.91. The molecule has 0 heterocycles. The van der Waals surface area contributed by atoms with E-state index in [9.17, 15) is 9.59 Å². The minimum Gasteiger partial charge on any atom is -0.456 e. The Labute approximate surface area is 108 Å². The van der Waals surface area contributed by atoms with Crippen LogP contribution >= 0.6 is 11.6 Å². The second-order valence-corrected chi connectivity index (χ2v) is 5.25. The fourth-order valence-corrected chi connectivity index (χ4v) is 1.22. The largest absolute Gasteiger partial charge is 0.456 e. The molecule has 0 aliphatic heterocycles. The maximum atomic E-state index is 11.8. The van der Waals surface area contributed by atoms with Crippen LogP contribution in [0.5, 0.6) is 0 Å². The van der Waals surface area contributed by atoms with Gasteiger partial charge in [-0.15, -0.1) is 11.6 Å². The zero-order valence-electron chi connectivity index (χ0n) is 11.0. The normalized spacial score (nSPS) is 12.2. The number of nitrogens with zero attached hydrogens (tertiary/aromatic N) is 1. The van der Waals surface area contributed by atoms with E-state index >= 15 is 0 Å². The highest BCUT2D eigenvalue weighted by Gasteiger charge is 2.24. The highest BCUT2D eigenvalue weighted by Crippen LogP contribution is 2.13. The van der Waals surface area contributed by atoms with Gasteiger partial charge in [0.2, 0.25) is 0 Å². The third-order valence-electron chi connectivity index (χ3n) is 1.63. The molecule has 0 saturated carbocycles. The maximum Gasteiger partial charge on any atom is 0.343 e. The zero-order valence-corrected chi connectivity index (χ0v) is 11.8. The van der Waals surface area contributed by atoms with E-state index in [0.29, 0.717) is 0 Å². The molecule has 17 heavy (non-hydrogen) atoms. The lowest BCUT2D eigenvalue weighted by molar-refractivity contribution is -0.150. The van der Waals surface area contributed by atoms with Crippen molar-refractivity contribution in [3.63, 3.8) is 0 Å². The standard InChI is InChI=1S/C12H20ClNO3/c1-12(2,3)17-11(16)9(8-14(4)5)10(15)6-7-13/h8H,6-7H2,1-5H3/b9-8-. The number of ether oxygens (including phenoxy) is 1. The number of hydrogen-bond donors (Lipinski definition) is 0. The van der Waals surface area contributed by atoms with E-state index in [-0.39, 0.29) is 23.7 Å². The molecule has 0 unspecified atom stereocenters. The molecule has 0 radical (unpaired) electrons. The van der Waals surface area contributed by atoms with E-state index in [2.05, 4.69) is 0 Å².